The van der Waals surface area contributed by atoms with Crippen molar-refractivity contribution < 1.29 is 0 Å². The lowest BCUT2D eigenvalue weighted by molar-refractivity contribution is 4.37. The molecule has 0 N–H and O–H groups in total. The van der Waals surface area contributed by atoms with Crippen LogP contribution >= 0.6 is 22.2 Å². The summed E-state index contributed by atoms with van der Waals surface area (Å²) in [7, 11) is 0.207. The Morgan fingerprint density at radius 3 is 1.25 bits per heavy atom. The summed E-state index contributed by atoms with van der Waals surface area (Å²) in [5.41, 5.74) is 0. The molecule has 0 heterocycles. The van der Waals surface area contributed by atoms with Gasteiger partial charge in [0, 0.05) is 0 Å². The molecule has 0 saturated heterocycles. The molecule has 0 aliphatic heterocycles. The topological polar surface area (TPSA) is 0 Å². The molecule has 0 bridgehead atoms. The van der Waals surface area contributed by atoms with Gasteiger partial charge >= 0.3 is 0 Å². The first-order valence-corrected chi connectivity index (χ1v) is 6.93. The summed E-state index contributed by atoms with van der Waals surface area (Å²) in [5.74, 6) is 0. The molecule has 0 radical (unpaired) electrons. The highest BCUT2D eigenvalue weighted by molar-refractivity contribution is 7.20. The van der Waals surface area contributed by atoms with Crippen LogP contribution in [0.2, 0.25) is 0 Å². The molecule has 0 aliphatic rings. The Morgan fingerprint density at radius 1 is 1.00 bits per heavy atom. The van der Waals surface area contributed by atoms with Gasteiger partial charge in [-0.05, 0) is 0 Å². The van der Waals surface area contributed by atoms with Gasteiger partial charge in [0.1, 0.15) is 0 Å². The van der Waals surface area contributed by atoms with E-state index in [1.165, 1.54) is 0 Å². The Hall–Kier alpha value is 1.01. The van der Waals surface area contributed by atoms with Gasteiger partial charge in [0.25, 0.3) is 0 Å². The smallest absolute Gasteiger partial charge is 0.0996 e. The van der Waals surface area contributed by atoms with E-state index in [4.69, 9.17) is 22.2 Å². The van der Waals surface area contributed by atoms with E-state index in [1.807, 2.05) is 0 Å². The van der Waals surface area contributed by atoms with Gasteiger partial charge in [-0.1, -0.05) is 0 Å². The molecule has 0 unspecified atom stereocenters. The van der Waals surface area contributed by atoms with E-state index >= 15 is 0 Å². The van der Waals surface area contributed by atoms with E-state index in [0.29, 0.717) is 0 Å². The first-order valence-electron chi connectivity index (χ1n) is 0.770. The monoisotopic (exact) mass is 128 g/mol. The third kappa shape index (κ3) is 3.01. The first kappa shape index (κ1) is 5.01. The molecule has 0 aromatic heterocycles. The van der Waals surface area contributed by atoms with Crippen LogP contribution in [-0.4, -0.2) is 15.8 Å². The zero-order valence-electron chi connectivity index (χ0n) is 1.91. The third-order valence-corrected chi connectivity index (χ3v) is 3.86. The van der Waals surface area contributed by atoms with Crippen LogP contribution in [0.1, 0.15) is 0 Å². The maximum atomic E-state index is 5.17. The van der Waals surface area contributed by atoms with Crippen molar-refractivity contribution in [3.8, 4) is 0 Å². The van der Waals surface area contributed by atoms with E-state index in [2.05, 4.69) is 0 Å². The predicted molar refractivity (Wildman–Crippen MR) is 26.0 cm³/mol. The minimum atomic E-state index is 0.103. The SMILES string of the molecule is Cl/[SiH]=[SiH]/Cl. The third-order valence-electron chi connectivity index (χ3n) is 0.0476. The van der Waals surface area contributed by atoms with Crippen molar-refractivity contribution >= 4 is 38.0 Å². The molecular weight excluding hydrogens is 127 g/mol. The van der Waals surface area contributed by atoms with Gasteiger partial charge < -0.3 is 0 Å². The zero-order chi connectivity index (χ0) is 3.41. The molecule has 24 valence electrons. The molecule has 4 heavy (non-hydrogen) atoms. The second kappa shape index (κ2) is 4.01. The average Bonchev–Trinajstić information content (AvgIpc) is 1.37. The highest BCUT2D eigenvalue weighted by atomic mass is 35.6. The Morgan fingerprint density at radius 2 is 1.25 bits per heavy atom. The van der Waals surface area contributed by atoms with E-state index < -0.39 is 0 Å². The lowest BCUT2D eigenvalue weighted by Crippen LogP contribution is -1.54. The van der Waals surface area contributed by atoms with Crippen molar-refractivity contribution in [1.82, 2.24) is 0 Å². The van der Waals surface area contributed by atoms with Crippen molar-refractivity contribution in [2.45, 2.75) is 0 Å². The molecule has 4 heteroatoms. The van der Waals surface area contributed by atoms with Crippen LogP contribution in [-0.2, 0) is 0 Å². The van der Waals surface area contributed by atoms with Gasteiger partial charge in [-0.25, -0.2) is 0 Å². The van der Waals surface area contributed by atoms with Crippen LogP contribution < -0.4 is 0 Å². The molecule has 0 aromatic rings. The molecule has 0 aromatic carbocycles. The summed E-state index contributed by atoms with van der Waals surface area (Å²) in [4.78, 5) is 0. The van der Waals surface area contributed by atoms with Gasteiger partial charge in [-0.3, -0.25) is 0 Å². The predicted octanol–water partition coefficient (Wildman–Crippen LogP) is 0.0820. The summed E-state index contributed by atoms with van der Waals surface area (Å²) >= 11 is 10.3. The lowest BCUT2D eigenvalue weighted by Gasteiger charge is -1.40. The lowest BCUT2D eigenvalue weighted by atomic mass is 27.3. The fourth-order valence-electron chi connectivity index (χ4n) is 0. The first-order chi connectivity index (χ1) is 1.91. The van der Waals surface area contributed by atoms with Crippen molar-refractivity contribution in [3.63, 3.8) is 0 Å². The van der Waals surface area contributed by atoms with Gasteiger partial charge in [0.15, 0.2) is 0 Å². The van der Waals surface area contributed by atoms with Crippen LogP contribution in [0.5, 0.6) is 0 Å². The highest BCUT2D eigenvalue weighted by Crippen LogP contribution is 1.53. The van der Waals surface area contributed by atoms with Gasteiger partial charge in [0.2, 0.25) is 0 Å². The quantitative estimate of drug-likeness (QED) is 0.321. The summed E-state index contributed by atoms with van der Waals surface area (Å²) < 4.78 is 0. The molecule has 0 amide bonds. The second-order valence-corrected chi connectivity index (χ2v) is 6.80. The average molecular weight is 129 g/mol. The van der Waals surface area contributed by atoms with Crippen LogP contribution in [0.3, 0.4) is 0 Å². The van der Waals surface area contributed by atoms with Gasteiger partial charge in [0.05, 0.1) is 15.8 Å². The summed E-state index contributed by atoms with van der Waals surface area (Å²) in [6, 6.07) is 0. The minimum Gasteiger partial charge on any atom is -0.147 e. The number of halogens is 2. The van der Waals surface area contributed by atoms with Crippen molar-refractivity contribution in [2.75, 3.05) is 0 Å². The molecule has 0 nitrogen and oxygen atoms in total. The van der Waals surface area contributed by atoms with E-state index in [1.54, 1.807) is 0 Å². The normalized spacial score (nSPS) is 9.50. The molecule has 0 spiro atoms. The van der Waals surface area contributed by atoms with E-state index in [9.17, 15) is 0 Å². The molecule has 0 saturated carbocycles. The van der Waals surface area contributed by atoms with E-state index in [0.717, 1.165) is 0 Å². The van der Waals surface area contributed by atoms with Crippen LogP contribution in [0, 0.1) is 0 Å². The molecular formula is H2Cl2Si2. The van der Waals surface area contributed by atoms with Crippen molar-refractivity contribution in [1.29, 1.82) is 0 Å². The Balaban J connectivity index is 2.55. The Kier molecular flexibility index (Phi) is 5.03. The molecule has 0 aliphatic carbocycles. The molecule has 0 atom stereocenters. The Bertz CT molecular complexity index is 19.2. The van der Waals surface area contributed by atoms with Crippen molar-refractivity contribution in [3.05, 3.63) is 0 Å². The maximum Gasteiger partial charge on any atom is 0.0996 e. The number of hydrogen-bond donors (Lipinski definition) is 0. The molecule has 0 fully saturated rings. The minimum absolute atomic E-state index is 0.103. The van der Waals surface area contributed by atoms with Gasteiger partial charge in [-0.15, -0.1) is 22.2 Å². The number of hydrogen-bond acceptors (Lipinski definition) is 0. The van der Waals surface area contributed by atoms with Gasteiger partial charge in [-0.2, -0.15) is 0 Å². The fraction of sp³-hybridized carbons (Fsp3) is 0. The Labute approximate surface area is 38.5 Å². The maximum absolute atomic E-state index is 5.17. The highest BCUT2D eigenvalue weighted by Gasteiger charge is 1.44. The summed E-state index contributed by atoms with van der Waals surface area (Å²) in [6.45, 7) is 0. The summed E-state index contributed by atoms with van der Waals surface area (Å²) in [5, 5.41) is 0. The van der Waals surface area contributed by atoms with E-state index in [-0.39, 0.29) is 15.8 Å². The molecule has 0 rings (SSSR count). The number of rotatable bonds is 0. The van der Waals surface area contributed by atoms with Crippen LogP contribution in [0.4, 0.5) is 0 Å². The zero-order valence-corrected chi connectivity index (χ0v) is 5.73. The largest absolute Gasteiger partial charge is 0.147 e. The fourth-order valence-corrected chi connectivity index (χ4v) is 0. The van der Waals surface area contributed by atoms with Crippen molar-refractivity contribution in [2.24, 2.45) is 0 Å². The van der Waals surface area contributed by atoms with Crippen LogP contribution in [0.15, 0.2) is 0 Å². The van der Waals surface area contributed by atoms with Crippen LogP contribution in [0.25, 0.3) is 0 Å². The second-order valence-electron chi connectivity index (χ2n) is 0.252. The summed E-state index contributed by atoms with van der Waals surface area (Å²) in [6.07, 6.45) is 0. The standard InChI is InChI=1S/Cl2H2Si2/c1-3-4-2/h3-4H/b4-3+.